The Morgan fingerprint density at radius 1 is 1.33 bits per heavy atom. The first-order valence-corrected chi connectivity index (χ1v) is 8.73. The van der Waals surface area contributed by atoms with Crippen LogP contribution in [0, 0.1) is 13.8 Å². The second-order valence-electron chi connectivity index (χ2n) is 5.58. The number of rotatable bonds is 4. The van der Waals surface area contributed by atoms with Crippen LogP contribution in [0.5, 0.6) is 5.75 Å². The molecule has 1 aromatic carbocycles. The van der Waals surface area contributed by atoms with Gasteiger partial charge >= 0.3 is 0 Å². The van der Waals surface area contributed by atoms with Gasteiger partial charge in [-0.15, -0.1) is 0 Å². The van der Waals surface area contributed by atoms with Crippen LogP contribution in [-0.4, -0.2) is 28.4 Å². The van der Waals surface area contributed by atoms with Crippen LogP contribution >= 0.6 is 11.8 Å². The molecule has 0 aliphatic carbocycles. The number of benzene rings is 1. The quantitative estimate of drug-likeness (QED) is 0.928. The highest BCUT2D eigenvalue weighted by Gasteiger charge is 2.15. The zero-order valence-corrected chi connectivity index (χ0v) is 14.5. The molecule has 0 bridgehead atoms. The van der Waals surface area contributed by atoms with Crippen molar-refractivity contribution in [3.8, 4) is 5.75 Å². The SMILES string of the molecule is Cc1cc(C(=O)NC2=NCCS2)cc(C)c1OCc1cccnc1. The number of carbonyl (C=O) groups excluding carboxylic acids is 1. The lowest BCUT2D eigenvalue weighted by Gasteiger charge is -2.14. The van der Waals surface area contributed by atoms with Crippen molar-refractivity contribution in [1.29, 1.82) is 0 Å². The van der Waals surface area contributed by atoms with E-state index in [1.165, 1.54) is 0 Å². The minimum atomic E-state index is -0.131. The zero-order valence-electron chi connectivity index (χ0n) is 13.7. The summed E-state index contributed by atoms with van der Waals surface area (Å²) in [5.41, 5.74) is 3.50. The van der Waals surface area contributed by atoms with Crippen LogP contribution < -0.4 is 10.1 Å². The first-order chi connectivity index (χ1) is 11.6. The third kappa shape index (κ3) is 3.94. The van der Waals surface area contributed by atoms with E-state index < -0.39 is 0 Å². The predicted molar refractivity (Wildman–Crippen MR) is 96.7 cm³/mol. The van der Waals surface area contributed by atoms with Crippen molar-refractivity contribution in [3.05, 3.63) is 58.9 Å². The summed E-state index contributed by atoms with van der Waals surface area (Å²) in [5.74, 6) is 1.60. The van der Waals surface area contributed by atoms with E-state index in [0.29, 0.717) is 17.3 Å². The van der Waals surface area contributed by atoms with Crippen LogP contribution in [0.1, 0.15) is 27.0 Å². The Hall–Kier alpha value is -2.34. The third-order valence-corrected chi connectivity index (χ3v) is 4.53. The van der Waals surface area contributed by atoms with Gasteiger partial charge in [-0.3, -0.25) is 14.8 Å². The number of aliphatic imine (C=N–C) groups is 1. The van der Waals surface area contributed by atoms with Gasteiger partial charge in [0, 0.05) is 29.3 Å². The fourth-order valence-corrected chi connectivity index (χ4v) is 3.25. The molecule has 2 heterocycles. The number of thioether (sulfide) groups is 1. The summed E-state index contributed by atoms with van der Waals surface area (Å²) >= 11 is 1.57. The standard InChI is InChI=1S/C18H19N3O2S/c1-12-8-15(17(22)21-18-20-6-7-24-18)9-13(2)16(12)23-11-14-4-3-5-19-10-14/h3-5,8-10H,6-7,11H2,1-2H3,(H,20,21,22). The Morgan fingerprint density at radius 3 is 2.75 bits per heavy atom. The Bertz CT molecular complexity index is 752. The summed E-state index contributed by atoms with van der Waals surface area (Å²) in [4.78, 5) is 20.7. The highest BCUT2D eigenvalue weighted by molar-refractivity contribution is 8.14. The molecule has 0 atom stereocenters. The molecule has 1 aliphatic rings. The van der Waals surface area contributed by atoms with E-state index in [0.717, 1.165) is 34.7 Å². The summed E-state index contributed by atoms with van der Waals surface area (Å²) in [6, 6.07) is 7.55. The number of aryl methyl sites for hydroxylation is 2. The van der Waals surface area contributed by atoms with E-state index in [9.17, 15) is 4.79 Å². The lowest BCUT2D eigenvalue weighted by Crippen LogP contribution is -2.27. The molecule has 0 unspecified atom stereocenters. The number of nitrogens with one attached hydrogen (secondary N) is 1. The van der Waals surface area contributed by atoms with Crippen molar-refractivity contribution in [2.24, 2.45) is 4.99 Å². The van der Waals surface area contributed by atoms with E-state index in [4.69, 9.17) is 4.74 Å². The molecule has 0 radical (unpaired) electrons. The van der Waals surface area contributed by atoms with Gasteiger partial charge in [0.15, 0.2) is 5.17 Å². The fourth-order valence-electron chi connectivity index (χ4n) is 2.53. The van der Waals surface area contributed by atoms with E-state index in [1.807, 2.05) is 38.1 Å². The first-order valence-electron chi connectivity index (χ1n) is 7.75. The van der Waals surface area contributed by atoms with Crippen molar-refractivity contribution in [2.45, 2.75) is 20.5 Å². The smallest absolute Gasteiger partial charge is 0.257 e. The number of hydrogen-bond acceptors (Lipinski definition) is 5. The molecular formula is C18H19N3O2S. The number of aromatic nitrogens is 1. The lowest BCUT2D eigenvalue weighted by atomic mass is 10.1. The topological polar surface area (TPSA) is 63.6 Å². The number of carbonyl (C=O) groups is 1. The number of ether oxygens (including phenoxy) is 1. The van der Waals surface area contributed by atoms with Gasteiger partial charge in [-0.1, -0.05) is 17.8 Å². The molecule has 2 aromatic rings. The molecule has 0 spiro atoms. The second kappa shape index (κ2) is 7.49. The Morgan fingerprint density at radius 2 is 2.12 bits per heavy atom. The molecule has 3 rings (SSSR count). The normalized spacial score (nSPS) is 13.5. The van der Waals surface area contributed by atoms with Crippen LogP contribution in [0.15, 0.2) is 41.7 Å². The molecule has 24 heavy (non-hydrogen) atoms. The third-order valence-electron chi connectivity index (χ3n) is 3.63. The van der Waals surface area contributed by atoms with E-state index in [-0.39, 0.29) is 5.91 Å². The molecule has 1 aromatic heterocycles. The summed E-state index contributed by atoms with van der Waals surface area (Å²) in [6.45, 7) is 5.11. The predicted octanol–water partition coefficient (Wildman–Crippen LogP) is 3.11. The van der Waals surface area contributed by atoms with Gasteiger partial charge in [0.05, 0.1) is 6.54 Å². The van der Waals surface area contributed by atoms with Crippen molar-refractivity contribution < 1.29 is 9.53 Å². The van der Waals surface area contributed by atoms with Crippen LogP contribution in [0.4, 0.5) is 0 Å². The maximum Gasteiger partial charge on any atom is 0.257 e. The van der Waals surface area contributed by atoms with Gasteiger partial charge in [0.2, 0.25) is 0 Å². The maximum atomic E-state index is 12.3. The Kier molecular flexibility index (Phi) is 5.15. The first kappa shape index (κ1) is 16.5. The van der Waals surface area contributed by atoms with Gasteiger partial charge < -0.3 is 10.1 Å². The van der Waals surface area contributed by atoms with Gasteiger partial charge in [-0.05, 0) is 43.2 Å². The van der Waals surface area contributed by atoms with Crippen LogP contribution in [0.25, 0.3) is 0 Å². The van der Waals surface area contributed by atoms with Gasteiger partial charge in [-0.2, -0.15) is 0 Å². The van der Waals surface area contributed by atoms with E-state index in [1.54, 1.807) is 24.2 Å². The largest absolute Gasteiger partial charge is 0.488 e. The Labute approximate surface area is 145 Å². The number of amides is 1. The monoisotopic (exact) mass is 341 g/mol. The number of pyridine rings is 1. The van der Waals surface area contributed by atoms with E-state index in [2.05, 4.69) is 15.3 Å². The summed E-state index contributed by atoms with van der Waals surface area (Å²) in [5, 5.41) is 3.55. The molecule has 0 saturated heterocycles. The van der Waals surface area contributed by atoms with E-state index >= 15 is 0 Å². The van der Waals surface area contributed by atoms with Crippen LogP contribution in [0.3, 0.4) is 0 Å². The number of amidine groups is 1. The summed E-state index contributed by atoms with van der Waals surface area (Å²) < 4.78 is 5.92. The van der Waals surface area contributed by atoms with Gasteiger partial charge in [0.25, 0.3) is 5.91 Å². The van der Waals surface area contributed by atoms with Crippen molar-refractivity contribution in [1.82, 2.24) is 10.3 Å². The summed E-state index contributed by atoms with van der Waals surface area (Å²) in [6.07, 6.45) is 3.52. The van der Waals surface area contributed by atoms with Crippen molar-refractivity contribution in [3.63, 3.8) is 0 Å². The maximum absolute atomic E-state index is 12.3. The molecule has 0 fully saturated rings. The molecule has 6 heteroatoms. The highest BCUT2D eigenvalue weighted by Crippen LogP contribution is 2.26. The Balaban J connectivity index is 1.72. The van der Waals surface area contributed by atoms with Gasteiger partial charge in [-0.25, -0.2) is 0 Å². The lowest BCUT2D eigenvalue weighted by molar-refractivity contribution is 0.0977. The highest BCUT2D eigenvalue weighted by atomic mass is 32.2. The van der Waals surface area contributed by atoms with Crippen molar-refractivity contribution in [2.75, 3.05) is 12.3 Å². The number of nitrogens with zero attached hydrogens (tertiary/aromatic N) is 2. The van der Waals surface area contributed by atoms with Gasteiger partial charge in [0.1, 0.15) is 12.4 Å². The van der Waals surface area contributed by atoms with Crippen molar-refractivity contribution >= 4 is 22.8 Å². The molecule has 124 valence electrons. The molecule has 5 nitrogen and oxygen atoms in total. The average molecular weight is 341 g/mol. The summed E-state index contributed by atoms with van der Waals surface area (Å²) in [7, 11) is 0. The minimum absolute atomic E-state index is 0.131. The van der Waals surface area contributed by atoms with Crippen LogP contribution in [-0.2, 0) is 6.61 Å². The molecular weight excluding hydrogens is 322 g/mol. The molecule has 0 saturated carbocycles. The number of hydrogen-bond donors (Lipinski definition) is 1. The fraction of sp³-hybridized carbons (Fsp3) is 0.278. The molecule has 1 N–H and O–H groups in total. The minimum Gasteiger partial charge on any atom is -0.488 e. The van der Waals surface area contributed by atoms with Crippen LogP contribution in [0.2, 0.25) is 0 Å². The second-order valence-corrected chi connectivity index (χ2v) is 6.66. The molecule has 1 amide bonds. The zero-order chi connectivity index (χ0) is 16.9. The average Bonchev–Trinajstić information content (AvgIpc) is 3.08. The molecule has 1 aliphatic heterocycles.